The summed E-state index contributed by atoms with van der Waals surface area (Å²) in [4.78, 5) is 25.9. The van der Waals surface area contributed by atoms with Crippen LogP contribution in [0.5, 0.6) is 0 Å². The number of nitrogens with one attached hydrogen (secondary N) is 2. The molecule has 0 aliphatic heterocycles. The Kier molecular flexibility index (Phi) is 4.38. The van der Waals surface area contributed by atoms with Crippen LogP contribution >= 0.6 is 34.5 Å². The Balaban J connectivity index is 1.65. The highest BCUT2D eigenvalue weighted by Gasteiger charge is 2.19. The zero-order valence-electron chi connectivity index (χ0n) is 11.4. The maximum Gasteiger partial charge on any atom is 0.279 e. The van der Waals surface area contributed by atoms with Gasteiger partial charge in [-0.2, -0.15) is 0 Å². The van der Waals surface area contributed by atoms with Crippen molar-refractivity contribution in [1.29, 1.82) is 0 Å². The van der Waals surface area contributed by atoms with E-state index in [-0.39, 0.29) is 21.5 Å². The van der Waals surface area contributed by atoms with Crippen molar-refractivity contribution in [3.8, 4) is 0 Å². The number of aryl methyl sites for hydroxylation is 2. The SMILES string of the molecule is O=C(NNC(=O)c1cccc(Cl)c1Cl)c1cc2c(s1)CCC2. The van der Waals surface area contributed by atoms with Gasteiger partial charge >= 0.3 is 0 Å². The Bertz CT molecular complexity index is 736. The van der Waals surface area contributed by atoms with E-state index >= 15 is 0 Å². The van der Waals surface area contributed by atoms with E-state index in [0.717, 1.165) is 19.3 Å². The fourth-order valence-electron chi connectivity index (χ4n) is 2.36. The zero-order valence-corrected chi connectivity index (χ0v) is 13.7. The summed E-state index contributed by atoms with van der Waals surface area (Å²) in [7, 11) is 0. The monoisotopic (exact) mass is 354 g/mol. The Morgan fingerprint density at radius 2 is 1.86 bits per heavy atom. The van der Waals surface area contributed by atoms with Crippen molar-refractivity contribution >= 4 is 46.4 Å². The van der Waals surface area contributed by atoms with Gasteiger partial charge in [-0.05, 0) is 43.0 Å². The van der Waals surface area contributed by atoms with E-state index < -0.39 is 5.91 Å². The molecule has 0 atom stereocenters. The van der Waals surface area contributed by atoms with E-state index in [2.05, 4.69) is 10.9 Å². The number of thiophene rings is 1. The summed E-state index contributed by atoms with van der Waals surface area (Å²) in [5.41, 5.74) is 6.20. The van der Waals surface area contributed by atoms with Gasteiger partial charge in [0.25, 0.3) is 11.8 Å². The number of fused-ring (bicyclic) bond motifs is 1. The summed E-state index contributed by atoms with van der Waals surface area (Å²) in [5.74, 6) is -0.837. The second-order valence-electron chi connectivity index (χ2n) is 4.92. The second kappa shape index (κ2) is 6.28. The van der Waals surface area contributed by atoms with Crippen molar-refractivity contribution in [2.75, 3.05) is 0 Å². The molecule has 4 nitrogen and oxygen atoms in total. The molecule has 0 radical (unpaired) electrons. The smallest absolute Gasteiger partial charge is 0.267 e. The van der Waals surface area contributed by atoms with E-state index in [1.165, 1.54) is 27.8 Å². The lowest BCUT2D eigenvalue weighted by molar-refractivity contribution is 0.0849. The summed E-state index contributed by atoms with van der Waals surface area (Å²) in [5, 5.41) is 0.446. The Morgan fingerprint density at radius 3 is 2.64 bits per heavy atom. The molecule has 0 saturated carbocycles. The third-order valence-corrected chi connectivity index (χ3v) is 5.51. The number of carbonyl (C=O) groups excluding carboxylic acids is 2. The maximum atomic E-state index is 12.1. The fraction of sp³-hybridized carbons (Fsp3) is 0.200. The highest BCUT2D eigenvalue weighted by molar-refractivity contribution is 7.14. The van der Waals surface area contributed by atoms with Crippen molar-refractivity contribution in [2.24, 2.45) is 0 Å². The van der Waals surface area contributed by atoms with E-state index in [0.29, 0.717) is 4.88 Å². The molecule has 114 valence electrons. The molecule has 2 amide bonds. The third kappa shape index (κ3) is 2.97. The first-order valence-electron chi connectivity index (χ1n) is 6.72. The van der Waals surface area contributed by atoms with Crippen LogP contribution in [0.4, 0.5) is 0 Å². The number of carbonyl (C=O) groups is 2. The summed E-state index contributed by atoms with van der Waals surface area (Å²) < 4.78 is 0. The molecule has 0 saturated heterocycles. The van der Waals surface area contributed by atoms with E-state index in [4.69, 9.17) is 23.2 Å². The molecule has 22 heavy (non-hydrogen) atoms. The number of amides is 2. The van der Waals surface area contributed by atoms with Crippen LogP contribution in [0, 0.1) is 0 Å². The number of hydrogen-bond donors (Lipinski definition) is 2. The van der Waals surface area contributed by atoms with Gasteiger partial charge in [0.2, 0.25) is 0 Å². The first-order valence-corrected chi connectivity index (χ1v) is 8.30. The molecule has 0 bridgehead atoms. The molecule has 1 heterocycles. The molecule has 2 aromatic rings. The van der Waals surface area contributed by atoms with Gasteiger partial charge in [0, 0.05) is 4.88 Å². The lowest BCUT2D eigenvalue weighted by atomic mass is 10.2. The molecular weight excluding hydrogens is 343 g/mol. The molecule has 1 aliphatic rings. The lowest BCUT2D eigenvalue weighted by Crippen LogP contribution is -2.41. The average Bonchev–Trinajstić information content (AvgIpc) is 3.08. The predicted molar refractivity (Wildman–Crippen MR) is 87.7 cm³/mol. The van der Waals surface area contributed by atoms with Gasteiger partial charge in [-0.25, -0.2) is 0 Å². The summed E-state index contributed by atoms with van der Waals surface area (Å²) in [6.07, 6.45) is 3.19. The van der Waals surface area contributed by atoms with Crippen LogP contribution in [0.25, 0.3) is 0 Å². The highest BCUT2D eigenvalue weighted by atomic mass is 35.5. The highest BCUT2D eigenvalue weighted by Crippen LogP contribution is 2.30. The minimum absolute atomic E-state index is 0.158. The number of benzene rings is 1. The first-order chi connectivity index (χ1) is 10.6. The number of hydrazine groups is 1. The third-order valence-electron chi connectivity index (χ3n) is 3.46. The summed E-state index contributed by atoms with van der Waals surface area (Å²) in [6, 6.07) is 6.64. The topological polar surface area (TPSA) is 58.2 Å². The zero-order chi connectivity index (χ0) is 15.7. The minimum atomic E-state index is -0.509. The molecule has 0 spiro atoms. The summed E-state index contributed by atoms with van der Waals surface area (Å²) >= 11 is 13.3. The van der Waals surface area contributed by atoms with Crippen LogP contribution in [-0.2, 0) is 12.8 Å². The Hall–Kier alpha value is -1.56. The van der Waals surface area contributed by atoms with Crippen LogP contribution in [0.3, 0.4) is 0 Å². The van der Waals surface area contributed by atoms with Crippen molar-refractivity contribution in [3.63, 3.8) is 0 Å². The van der Waals surface area contributed by atoms with Crippen LogP contribution in [0.2, 0.25) is 10.0 Å². The quantitative estimate of drug-likeness (QED) is 0.809. The van der Waals surface area contributed by atoms with Crippen molar-refractivity contribution in [1.82, 2.24) is 10.9 Å². The molecule has 1 aliphatic carbocycles. The number of halogens is 2. The largest absolute Gasteiger partial charge is 0.279 e. The molecule has 0 unspecified atom stereocenters. The molecule has 3 rings (SSSR count). The molecule has 0 fully saturated rings. The number of hydrogen-bond acceptors (Lipinski definition) is 3. The first kappa shape index (κ1) is 15.3. The Labute approximate surface area is 141 Å². The minimum Gasteiger partial charge on any atom is -0.267 e. The van der Waals surface area contributed by atoms with E-state index in [1.807, 2.05) is 6.07 Å². The number of rotatable bonds is 2. The standard InChI is InChI=1S/C15H12Cl2N2O2S/c16-10-5-2-4-9(13(10)17)14(20)18-19-15(21)12-7-8-3-1-6-11(8)22-12/h2,4-5,7H,1,3,6H2,(H,18,20)(H,19,21). The molecule has 7 heteroatoms. The normalized spacial score (nSPS) is 12.8. The van der Waals surface area contributed by atoms with E-state index in [9.17, 15) is 9.59 Å². The molecule has 1 aromatic carbocycles. The van der Waals surface area contributed by atoms with Gasteiger partial charge in [0.15, 0.2) is 0 Å². The van der Waals surface area contributed by atoms with Gasteiger partial charge in [-0.1, -0.05) is 29.3 Å². The molecule has 1 aromatic heterocycles. The Morgan fingerprint density at radius 1 is 1.09 bits per heavy atom. The van der Waals surface area contributed by atoms with Crippen LogP contribution in [0.15, 0.2) is 24.3 Å². The fourth-order valence-corrected chi connectivity index (χ4v) is 3.90. The molecular formula is C15H12Cl2N2O2S. The van der Waals surface area contributed by atoms with Crippen molar-refractivity contribution in [2.45, 2.75) is 19.3 Å². The van der Waals surface area contributed by atoms with Crippen LogP contribution in [0.1, 0.15) is 36.9 Å². The van der Waals surface area contributed by atoms with Crippen LogP contribution in [-0.4, -0.2) is 11.8 Å². The van der Waals surface area contributed by atoms with Gasteiger partial charge in [-0.15, -0.1) is 11.3 Å². The van der Waals surface area contributed by atoms with Gasteiger partial charge in [0.05, 0.1) is 20.5 Å². The second-order valence-corrected chi connectivity index (χ2v) is 6.84. The van der Waals surface area contributed by atoms with Crippen molar-refractivity contribution < 1.29 is 9.59 Å². The van der Waals surface area contributed by atoms with E-state index in [1.54, 1.807) is 12.1 Å². The van der Waals surface area contributed by atoms with Crippen LogP contribution < -0.4 is 10.9 Å². The summed E-state index contributed by atoms with van der Waals surface area (Å²) in [6.45, 7) is 0. The van der Waals surface area contributed by atoms with Gasteiger partial charge in [0.1, 0.15) is 0 Å². The van der Waals surface area contributed by atoms with Crippen molar-refractivity contribution in [3.05, 3.63) is 55.2 Å². The van der Waals surface area contributed by atoms with Gasteiger partial charge in [-0.3, -0.25) is 20.4 Å². The molecule has 2 N–H and O–H groups in total. The van der Waals surface area contributed by atoms with Gasteiger partial charge < -0.3 is 0 Å². The lowest BCUT2D eigenvalue weighted by Gasteiger charge is -2.08. The predicted octanol–water partition coefficient (Wildman–Crippen LogP) is 3.62. The average molecular weight is 355 g/mol. The maximum absolute atomic E-state index is 12.1.